The minimum absolute atomic E-state index is 0.158. The summed E-state index contributed by atoms with van der Waals surface area (Å²) in [7, 11) is 0. The molecule has 7 heteroatoms. The number of rotatable bonds is 6. The van der Waals surface area contributed by atoms with Crippen molar-refractivity contribution in [3.05, 3.63) is 35.9 Å². The lowest BCUT2D eigenvalue weighted by atomic mass is 9.96. The molecule has 1 aliphatic rings. The molecular weight excluding hydrogens is 350 g/mol. The zero-order valence-corrected chi connectivity index (χ0v) is 16.2. The second kappa shape index (κ2) is 8.88. The van der Waals surface area contributed by atoms with Gasteiger partial charge in [-0.25, -0.2) is 4.79 Å². The van der Waals surface area contributed by atoms with Crippen molar-refractivity contribution in [2.75, 3.05) is 6.61 Å². The molecule has 7 nitrogen and oxygen atoms in total. The van der Waals surface area contributed by atoms with Crippen LogP contribution in [-0.4, -0.2) is 42.4 Å². The average Bonchev–Trinajstić information content (AvgIpc) is 2.95. The first kappa shape index (κ1) is 20.7. The van der Waals surface area contributed by atoms with Crippen molar-refractivity contribution in [3.8, 4) is 0 Å². The van der Waals surface area contributed by atoms with Gasteiger partial charge in [-0.3, -0.25) is 9.59 Å². The van der Waals surface area contributed by atoms with E-state index in [1.54, 1.807) is 27.7 Å². The predicted octanol–water partition coefficient (Wildman–Crippen LogP) is 2.62. The first-order chi connectivity index (χ1) is 12.7. The van der Waals surface area contributed by atoms with Crippen LogP contribution in [0.3, 0.4) is 0 Å². The monoisotopic (exact) mass is 377 g/mol. The molecule has 27 heavy (non-hydrogen) atoms. The van der Waals surface area contributed by atoms with Gasteiger partial charge >= 0.3 is 18.0 Å². The predicted molar refractivity (Wildman–Crippen MR) is 97.9 cm³/mol. The van der Waals surface area contributed by atoms with E-state index in [1.165, 1.54) is 0 Å². The fraction of sp³-hybridized carbons (Fsp3) is 0.550. The third-order valence-electron chi connectivity index (χ3n) is 4.04. The van der Waals surface area contributed by atoms with Gasteiger partial charge in [0.15, 0.2) is 5.92 Å². The van der Waals surface area contributed by atoms with E-state index in [2.05, 4.69) is 5.32 Å². The van der Waals surface area contributed by atoms with Crippen LogP contribution in [0.5, 0.6) is 0 Å². The summed E-state index contributed by atoms with van der Waals surface area (Å²) in [6.07, 6.45) is -0.642. The summed E-state index contributed by atoms with van der Waals surface area (Å²) in [5, 5.41) is 2.79. The largest absolute Gasteiger partial charge is 0.465 e. The van der Waals surface area contributed by atoms with E-state index in [4.69, 9.17) is 14.2 Å². The molecule has 0 aliphatic carbocycles. The van der Waals surface area contributed by atoms with Gasteiger partial charge in [-0.15, -0.1) is 0 Å². The van der Waals surface area contributed by atoms with Gasteiger partial charge in [0.2, 0.25) is 0 Å². The molecule has 3 atom stereocenters. The molecule has 1 aromatic carbocycles. The Balaban J connectivity index is 2.13. The smallest absolute Gasteiger partial charge is 0.408 e. The van der Waals surface area contributed by atoms with Gasteiger partial charge in [-0.05, 0) is 39.7 Å². The second-order valence-corrected chi connectivity index (χ2v) is 7.46. The Morgan fingerprint density at radius 1 is 1.26 bits per heavy atom. The maximum absolute atomic E-state index is 12.2. The minimum atomic E-state index is -0.964. The Hall–Kier alpha value is -2.57. The second-order valence-electron chi connectivity index (χ2n) is 7.46. The molecule has 1 fully saturated rings. The van der Waals surface area contributed by atoms with Crippen molar-refractivity contribution < 1.29 is 28.6 Å². The van der Waals surface area contributed by atoms with E-state index in [9.17, 15) is 14.4 Å². The lowest BCUT2D eigenvalue weighted by Crippen LogP contribution is -2.46. The number of carbonyl (C=O) groups is 3. The quantitative estimate of drug-likeness (QED) is 0.466. The Morgan fingerprint density at radius 2 is 1.93 bits per heavy atom. The van der Waals surface area contributed by atoms with Crippen LogP contribution in [0.15, 0.2) is 30.3 Å². The number of alkyl carbamates (subject to hydrolysis) is 1. The summed E-state index contributed by atoms with van der Waals surface area (Å²) in [5.74, 6) is -2.18. The molecule has 0 aromatic heterocycles. The molecule has 0 spiro atoms. The molecule has 1 amide bonds. The van der Waals surface area contributed by atoms with Gasteiger partial charge in [-0.2, -0.15) is 0 Å². The number of ether oxygens (including phenoxy) is 3. The molecule has 0 radical (unpaired) electrons. The highest BCUT2D eigenvalue weighted by Crippen LogP contribution is 2.26. The number of carbonyl (C=O) groups excluding carboxylic acids is 3. The SMILES string of the molecule is CCOC(=O)[C@H]1C[C@@H]([C@H](Cc2ccccc2)NC(=O)OC(C)(C)C)OC1=O. The number of hydrogen-bond donors (Lipinski definition) is 1. The summed E-state index contributed by atoms with van der Waals surface area (Å²) in [5.41, 5.74) is 0.315. The molecule has 0 saturated carbocycles. The van der Waals surface area contributed by atoms with Crippen LogP contribution >= 0.6 is 0 Å². The van der Waals surface area contributed by atoms with Gasteiger partial charge in [0.05, 0.1) is 12.6 Å². The molecule has 148 valence electrons. The van der Waals surface area contributed by atoms with E-state index in [0.717, 1.165) is 5.56 Å². The van der Waals surface area contributed by atoms with E-state index in [-0.39, 0.29) is 13.0 Å². The van der Waals surface area contributed by atoms with Crippen molar-refractivity contribution >= 4 is 18.0 Å². The summed E-state index contributed by atoms with van der Waals surface area (Å²) >= 11 is 0. The highest BCUT2D eigenvalue weighted by molar-refractivity contribution is 5.96. The van der Waals surface area contributed by atoms with Crippen LogP contribution in [0.1, 0.15) is 39.7 Å². The Morgan fingerprint density at radius 3 is 2.52 bits per heavy atom. The molecule has 1 heterocycles. The van der Waals surface area contributed by atoms with E-state index < -0.39 is 41.7 Å². The van der Waals surface area contributed by atoms with Crippen LogP contribution in [-0.2, 0) is 30.2 Å². The standard InChI is InChI=1S/C20H27NO6/c1-5-25-17(22)14-12-16(26-18(14)23)15(11-13-9-7-6-8-10-13)21-19(24)27-20(2,3)4/h6-10,14-16H,5,11-12H2,1-4H3,(H,21,24)/t14-,15+,16+/m1/s1. The van der Waals surface area contributed by atoms with E-state index in [1.807, 2.05) is 30.3 Å². The minimum Gasteiger partial charge on any atom is -0.465 e. The zero-order valence-electron chi connectivity index (χ0n) is 16.2. The maximum atomic E-state index is 12.2. The molecule has 1 aliphatic heterocycles. The fourth-order valence-electron chi connectivity index (χ4n) is 2.89. The Labute approximate surface area is 159 Å². The van der Waals surface area contributed by atoms with Crippen molar-refractivity contribution in [2.24, 2.45) is 5.92 Å². The molecule has 1 N–H and O–H groups in total. The van der Waals surface area contributed by atoms with Crippen molar-refractivity contribution in [1.29, 1.82) is 0 Å². The average molecular weight is 377 g/mol. The Kier molecular flexibility index (Phi) is 6.82. The fourth-order valence-corrected chi connectivity index (χ4v) is 2.89. The van der Waals surface area contributed by atoms with Gasteiger partial charge < -0.3 is 19.5 Å². The van der Waals surface area contributed by atoms with Crippen molar-refractivity contribution in [1.82, 2.24) is 5.32 Å². The van der Waals surface area contributed by atoms with Crippen LogP contribution < -0.4 is 5.32 Å². The van der Waals surface area contributed by atoms with E-state index >= 15 is 0 Å². The first-order valence-corrected chi connectivity index (χ1v) is 9.10. The lowest BCUT2D eigenvalue weighted by Gasteiger charge is -2.26. The van der Waals surface area contributed by atoms with E-state index in [0.29, 0.717) is 6.42 Å². The van der Waals surface area contributed by atoms with Crippen LogP contribution in [0, 0.1) is 5.92 Å². The molecular formula is C20H27NO6. The van der Waals surface area contributed by atoms with Gasteiger partial charge in [-0.1, -0.05) is 30.3 Å². The van der Waals surface area contributed by atoms with Crippen molar-refractivity contribution in [2.45, 2.75) is 58.3 Å². The molecule has 1 aromatic rings. The number of nitrogens with one attached hydrogen (secondary N) is 1. The Bertz CT molecular complexity index is 667. The summed E-state index contributed by atoms with van der Waals surface area (Å²) in [4.78, 5) is 36.3. The molecule has 0 unspecified atom stereocenters. The number of hydrogen-bond acceptors (Lipinski definition) is 6. The number of amides is 1. The third-order valence-corrected chi connectivity index (χ3v) is 4.04. The highest BCUT2D eigenvalue weighted by Gasteiger charge is 2.44. The number of benzene rings is 1. The normalized spacial score (nSPS) is 20.5. The lowest BCUT2D eigenvalue weighted by molar-refractivity contribution is -0.156. The van der Waals surface area contributed by atoms with Crippen LogP contribution in [0.25, 0.3) is 0 Å². The van der Waals surface area contributed by atoms with Gasteiger partial charge in [0, 0.05) is 6.42 Å². The van der Waals surface area contributed by atoms with Crippen LogP contribution in [0.2, 0.25) is 0 Å². The summed E-state index contributed by atoms with van der Waals surface area (Å²) < 4.78 is 15.7. The van der Waals surface area contributed by atoms with Crippen molar-refractivity contribution in [3.63, 3.8) is 0 Å². The summed E-state index contributed by atoms with van der Waals surface area (Å²) in [6.45, 7) is 7.18. The zero-order chi connectivity index (χ0) is 20.0. The maximum Gasteiger partial charge on any atom is 0.408 e. The number of esters is 2. The molecule has 1 saturated heterocycles. The van der Waals surface area contributed by atoms with Crippen LogP contribution in [0.4, 0.5) is 4.79 Å². The summed E-state index contributed by atoms with van der Waals surface area (Å²) in [6, 6.07) is 8.99. The van der Waals surface area contributed by atoms with Gasteiger partial charge in [0.1, 0.15) is 11.7 Å². The number of cyclic esters (lactones) is 1. The first-order valence-electron chi connectivity index (χ1n) is 9.10. The molecule has 2 rings (SSSR count). The third kappa shape index (κ3) is 6.27. The van der Waals surface area contributed by atoms with Gasteiger partial charge in [0.25, 0.3) is 0 Å². The molecule has 0 bridgehead atoms. The topological polar surface area (TPSA) is 90.9 Å². The highest BCUT2D eigenvalue weighted by atomic mass is 16.6.